The second-order valence-corrected chi connectivity index (χ2v) is 7.55. The summed E-state index contributed by atoms with van der Waals surface area (Å²) in [4.78, 5) is 15.7. The molecule has 26 heavy (non-hydrogen) atoms. The Morgan fingerprint density at radius 3 is 2.38 bits per heavy atom. The Morgan fingerprint density at radius 2 is 1.73 bits per heavy atom. The van der Waals surface area contributed by atoms with Crippen LogP contribution in [0.25, 0.3) is 11.1 Å². The average molecular weight is 365 g/mol. The number of amides is 1. The minimum Gasteiger partial charge on any atom is -0.349 e. The largest absolute Gasteiger partial charge is 0.349 e. The first-order valence-corrected chi connectivity index (χ1v) is 9.58. The van der Waals surface area contributed by atoms with Gasteiger partial charge in [0.1, 0.15) is 0 Å². The summed E-state index contributed by atoms with van der Waals surface area (Å²) in [6.07, 6.45) is 0. The number of hydrogen-bond donors (Lipinski definition) is 1. The molecule has 3 aromatic rings. The molecule has 1 heterocycles. The number of rotatable bonds is 6. The van der Waals surface area contributed by atoms with Crippen LogP contribution >= 0.6 is 11.3 Å². The zero-order chi connectivity index (χ0) is 18.5. The van der Waals surface area contributed by atoms with Crippen LogP contribution in [0.1, 0.15) is 26.8 Å². The summed E-state index contributed by atoms with van der Waals surface area (Å²) in [7, 11) is 4.07. The summed E-state index contributed by atoms with van der Waals surface area (Å²) in [5, 5.41) is 5.09. The third-order valence-electron chi connectivity index (χ3n) is 4.50. The molecule has 1 aromatic heterocycles. The minimum absolute atomic E-state index is 0.0154. The number of hydrogen-bond acceptors (Lipinski definition) is 3. The van der Waals surface area contributed by atoms with E-state index in [1.807, 2.05) is 43.7 Å². The Kier molecular flexibility index (Phi) is 5.86. The SMILES string of the molecule is Cc1ccc(-c2ccsc2C(=O)NCC(c2ccccc2)N(C)C)cc1. The molecular weight excluding hydrogens is 340 g/mol. The van der Waals surface area contributed by atoms with E-state index in [9.17, 15) is 4.79 Å². The molecule has 2 aromatic carbocycles. The van der Waals surface area contributed by atoms with Gasteiger partial charge in [-0.3, -0.25) is 4.79 Å². The average Bonchev–Trinajstić information content (AvgIpc) is 3.13. The molecule has 0 fully saturated rings. The first-order valence-electron chi connectivity index (χ1n) is 8.70. The first-order chi connectivity index (χ1) is 12.6. The van der Waals surface area contributed by atoms with E-state index in [1.165, 1.54) is 22.5 Å². The Balaban J connectivity index is 1.74. The van der Waals surface area contributed by atoms with Gasteiger partial charge in [-0.15, -0.1) is 11.3 Å². The lowest BCUT2D eigenvalue weighted by Gasteiger charge is -2.25. The van der Waals surface area contributed by atoms with E-state index in [2.05, 4.69) is 53.5 Å². The van der Waals surface area contributed by atoms with Crippen LogP contribution in [0.15, 0.2) is 66.0 Å². The molecule has 134 valence electrons. The van der Waals surface area contributed by atoms with Crippen molar-refractivity contribution in [3.63, 3.8) is 0 Å². The van der Waals surface area contributed by atoms with E-state index in [-0.39, 0.29) is 11.9 Å². The molecule has 4 heteroatoms. The monoisotopic (exact) mass is 364 g/mol. The maximum atomic E-state index is 12.8. The molecule has 0 saturated carbocycles. The Labute approximate surface area is 159 Å². The van der Waals surface area contributed by atoms with Gasteiger partial charge in [0.25, 0.3) is 5.91 Å². The third-order valence-corrected chi connectivity index (χ3v) is 5.41. The highest BCUT2D eigenvalue weighted by Gasteiger charge is 2.18. The minimum atomic E-state index is -0.0154. The van der Waals surface area contributed by atoms with Crippen molar-refractivity contribution in [2.75, 3.05) is 20.6 Å². The van der Waals surface area contributed by atoms with Crippen molar-refractivity contribution in [2.24, 2.45) is 0 Å². The van der Waals surface area contributed by atoms with E-state index in [1.54, 1.807) is 0 Å². The van der Waals surface area contributed by atoms with Gasteiger partial charge in [-0.2, -0.15) is 0 Å². The molecule has 0 spiro atoms. The molecule has 0 bridgehead atoms. The van der Waals surface area contributed by atoms with Crippen molar-refractivity contribution in [3.8, 4) is 11.1 Å². The fourth-order valence-corrected chi connectivity index (χ4v) is 3.82. The van der Waals surface area contributed by atoms with Gasteiger partial charge in [0.05, 0.1) is 10.9 Å². The quantitative estimate of drug-likeness (QED) is 0.684. The third kappa shape index (κ3) is 4.21. The molecule has 0 aliphatic carbocycles. The summed E-state index contributed by atoms with van der Waals surface area (Å²) in [6.45, 7) is 2.64. The summed E-state index contributed by atoms with van der Waals surface area (Å²) < 4.78 is 0. The predicted molar refractivity (Wildman–Crippen MR) is 110 cm³/mol. The smallest absolute Gasteiger partial charge is 0.262 e. The van der Waals surface area contributed by atoms with Gasteiger partial charge >= 0.3 is 0 Å². The topological polar surface area (TPSA) is 32.3 Å². The highest BCUT2D eigenvalue weighted by molar-refractivity contribution is 7.12. The Bertz CT molecular complexity index is 853. The van der Waals surface area contributed by atoms with E-state index < -0.39 is 0 Å². The molecule has 3 nitrogen and oxygen atoms in total. The van der Waals surface area contributed by atoms with Crippen LogP contribution in [0.4, 0.5) is 0 Å². The van der Waals surface area contributed by atoms with Crippen molar-refractivity contribution in [2.45, 2.75) is 13.0 Å². The Morgan fingerprint density at radius 1 is 1.04 bits per heavy atom. The van der Waals surface area contributed by atoms with Crippen LogP contribution < -0.4 is 5.32 Å². The van der Waals surface area contributed by atoms with E-state index in [0.29, 0.717) is 6.54 Å². The molecule has 3 rings (SSSR count). The highest BCUT2D eigenvalue weighted by atomic mass is 32.1. The van der Waals surface area contributed by atoms with Crippen LogP contribution in [-0.4, -0.2) is 31.4 Å². The van der Waals surface area contributed by atoms with Crippen molar-refractivity contribution in [1.82, 2.24) is 10.2 Å². The molecular formula is C22H24N2OS. The number of aryl methyl sites for hydroxylation is 1. The van der Waals surface area contributed by atoms with Gasteiger partial charge in [-0.1, -0.05) is 60.2 Å². The molecule has 1 unspecified atom stereocenters. The van der Waals surface area contributed by atoms with Crippen LogP contribution in [-0.2, 0) is 0 Å². The maximum Gasteiger partial charge on any atom is 0.262 e. The van der Waals surface area contributed by atoms with Gasteiger partial charge in [0.15, 0.2) is 0 Å². The summed E-state index contributed by atoms with van der Waals surface area (Å²) in [5.74, 6) is -0.0154. The van der Waals surface area contributed by atoms with E-state index in [4.69, 9.17) is 0 Å². The van der Waals surface area contributed by atoms with Crippen LogP contribution in [0.2, 0.25) is 0 Å². The molecule has 0 radical (unpaired) electrons. The number of carbonyl (C=O) groups is 1. The molecule has 1 N–H and O–H groups in total. The number of carbonyl (C=O) groups excluding carboxylic acids is 1. The van der Waals surface area contributed by atoms with Crippen molar-refractivity contribution in [3.05, 3.63) is 82.0 Å². The summed E-state index contributed by atoms with van der Waals surface area (Å²) in [5.41, 5.74) is 4.48. The normalized spacial score (nSPS) is 12.2. The lowest BCUT2D eigenvalue weighted by molar-refractivity contribution is 0.0946. The van der Waals surface area contributed by atoms with Gasteiger partial charge < -0.3 is 10.2 Å². The molecule has 1 atom stereocenters. The highest BCUT2D eigenvalue weighted by Crippen LogP contribution is 2.28. The standard InChI is InChI=1S/C22H24N2OS/c1-16-9-11-17(12-10-16)19-13-14-26-21(19)22(25)23-15-20(24(2)3)18-7-5-4-6-8-18/h4-14,20H,15H2,1-3H3,(H,23,25). The number of benzene rings is 2. The second kappa shape index (κ2) is 8.30. The predicted octanol–water partition coefficient (Wildman–Crippen LogP) is 4.76. The summed E-state index contributed by atoms with van der Waals surface area (Å²) in [6, 6.07) is 20.7. The number of likely N-dealkylation sites (N-methyl/N-ethyl adjacent to an activating group) is 1. The fourth-order valence-electron chi connectivity index (χ4n) is 2.99. The number of nitrogens with zero attached hydrogens (tertiary/aromatic N) is 1. The zero-order valence-corrected chi connectivity index (χ0v) is 16.2. The van der Waals surface area contributed by atoms with Crippen molar-refractivity contribution < 1.29 is 4.79 Å². The lowest BCUT2D eigenvalue weighted by Crippen LogP contribution is -2.34. The van der Waals surface area contributed by atoms with Crippen LogP contribution in [0, 0.1) is 6.92 Å². The number of nitrogens with one attached hydrogen (secondary N) is 1. The van der Waals surface area contributed by atoms with Crippen molar-refractivity contribution >= 4 is 17.2 Å². The van der Waals surface area contributed by atoms with Gasteiger partial charge in [0.2, 0.25) is 0 Å². The maximum absolute atomic E-state index is 12.8. The second-order valence-electron chi connectivity index (χ2n) is 6.63. The van der Waals surface area contributed by atoms with Gasteiger partial charge in [-0.25, -0.2) is 0 Å². The van der Waals surface area contributed by atoms with E-state index in [0.717, 1.165) is 16.0 Å². The lowest BCUT2D eigenvalue weighted by atomic mass is 10.0. The van der Waals surface area contributed by atoms with Crippen molar-refractivity contribution in [1.29, 1.82) is 0 Å². The van der Waals surface area contributed by atoms with Gasteiger partial charge in [0, 0.05) is 12.1 Å². The van der Waals surface area contributed by atoms with Crippen LogP contribution in [0.5, 0.6) is 0 Å². The van der Waals surface area contributed by atoms with E-state index >= 15 is 0 Å². The summed E-state index contributed by atoms with van der Waals surface area (Å²) >= 11 is 1.49. The molecule has 0 aliphatic heterocycles. The molecule has 0 aliphatic rings. The fraction of sp³-hybridized carbons (Fsp3) is 0.227. The van der Waals surface area contributed by atoms with Crippen LogP contribution in [0.3, 0.4) is 0 Å². The Hall–Kier alpha value is -2.43. The van der Waals surface area contributed by atoms with Gasteiger partial charge in [-0.05, 0) is 43.6 Å². The number of thiophene rings is 1. The first kappa shape index (κ1) is 18.4. The molecule has 1 amide bonds. The zero-order valence-electron chi connectivity index (χ0n) is 15.4. The molecule has 0 saturated heterocycles.